The molecule has 1 unspecified atom stereocenters. The molecule has 182 valence electrons. The molecule has 1 atom stereocenters. The molecule has 1 heterocycles. The largest absolute Gasteiger partial charge is 0.351 e. The first-order chi connectivity index (χ1) is 16.1. The Morgan fingerprint density at radius 3 is 2.26 bits per heavy atom. The van der Waals surface area contributed by atoms with Gasteiger partial charge in [0.2, 0.25) is 21.8 Å². The third kappa shape index (κ3) is 4.72. The molecule has 2 fully saturated rings. The van der Waals surface area contributed by atoms with E-state index in [0.717, 1.165) is 42.0 Å². The summed E-state index contributed by atoms with van der Waals surface area (Å²) in [6.45, 7) is 2.79. The highest BCUT2D eigenvalue weighted by molar-refractivity contribution is 7.89. The Morgan fingerprint density at radius 1 is 1.03 bits per heavy atom. The lowest BCUT2D eigenvalue weighted by Gasteiger charge is -2.47. The van der Waals surface area contributed by atoms with Gasteiger partial charge in [0.25, 0.3) is 0 Å². The minimum atomic E-state index is -4.02. The summed E-state index contributed by atoms with van der Waals surface area (Å²) in [5, 5.41) is 3.05. The van der Waals surface area contributed by atoms with E-state index in [9.17, 15) is 22.4 Å². The molecular weight excluding hydrogens is 457 g/mol. The highest BCUT2D eigenvalue weighted by Crippen LogP contribution is 2.33. The second-order valence-electron chi connectivity index (χ2n) is 9.37. The van der Waals surface area contributed by atoms with Gasteiger partial charge < -0.3 is 5.32 Å². The van der Waals surface area contributed by atoms with E-state index in [1.165, 1.54) is 41.3 Å². The summed E-state index contributed by atoms with van der Waals surface area (Å²) >= 11 is 0. The Labute approximate surface area is 200 Å². The number of aryl methyl sites for hydroxylation is 1. The van der Waals surface area contributed by atoms with Gasteiger partial charge in [-0.25, -0.2) is 12.8 Å². The SMILES string of the molecule is Cc1ccc(S(=O)(=O)N2CC(=O)N(c3ccc(F)cc3)C(C)(C(=O)NC3CCCCC3)C2)cc1. The van der Waals surface area contributed by atoms with Crippen molar-refractivity contribution >= 4 is 27.5 Å². The van der Waals surface area contributed by atoms with E-state index in [2.05, 4.69) is 5.32 Å². The van der Waals surface area contributed by atoms with Crippen molar-refractivity contribution in [3.8, 4) is 0 Å². The molecular formula is C25H30FN3O4S. The second kappa shape index (κ2) is 9.46. The van der Waals surface area contributed by atoms with Gasteiger partial charge in [-0.1, -0.05) is 37.0 Å². The first-order valence-corrected chi connectivity index (χ1v) is 13.0. The number of hydrogen-bond donors (Lipinski definition) is 1. The second-order valence-corrected chi connectivity index (χ2v) is 11.3. The van der Waals surface area contributed by atoms with E-state index in [0.29, 0.717) is 5.69 Å². The zero-order valence-electron chi connectivity index (χ0n) is 19.5. The van der Waals surface area contributed by atoms with Crippen molar-refractivity contribution in [2.24, 2.45) is 0 Å². The van der Waals surface area contributed by atoms with E-state index < -0.39 is 39.7 Å². The fourth-order valence-electron chi connectivity index (χ4n) is 4.78. The number of carbonyl (C=O) groups excluding carboxylic acids is 2. The molecule has 2 amide bonds. The van der Waals surface area contributed by atoms with Crippen LogP contribution < -0.4 is 10.2 Å². The molecule has 2 aliphatic rings. The molecule has 1 aliphatic carbocycles. The van der Waals surface area contributed by atoms with Gasteiger partial charge >= 0.3 is 0 Å². The fourth-order valence-corrected chi connectivity index (χ4v) is 6.26. The van der Waals surface area contributed by atoms with E-state index in [1.54, 1.807) is 19.1 Å². The van der Waals surface area contributed by atoms with Gasteiger partial charge in [0.1, 0.15) is 11.4 Å². The van der Waals surface area contributed by atoms with Crippen LogP contribution in [-0.4, -0.2) is 49.2 Å². The predicted molar refractivity (Wildman–Crippen MR) is 127 cm³/mol. The number of halogens is 1. The molecule has 1 saturated heterocycles. The zero-order chi connectivity index (χ0) is 24.5. The van der Waals surface area contributed by atoms with Gasteiger partial charge in [-0.3, -0.25) is 14.5 Å². The van der Waals surface area contributed by atoms with Gasteiger partial charge in [-0.15, -0.1) is 0 Å². The normalized spacial score (nSPS) is 22.6. The summed E-state index contributed by atoms with van der Waals surface area (Å²) in [7, 11) is -4.02. The average molecular weight is 488 g/mol. The lowest BCUT2D eigenvalue weighted by Crippen LogP contribution is -2.70. The molecule has 1 aliphatic heterocycles. The summed E-state index contributed by atoms with van der Waals surface area (Å²) in [5.74, 6) is -1.43. The zero-order valence-corrected chi connectivity index (χ0v) is 20.3. The Balaban J connectivity index is 1.71. The molecule has 34 heavy (non-hydrogen) atoms. The summed E-state index contributed by atoms with van der Waals surface area (Å²) < 4.78 is 41.5. The quantitative estimate of drug-likeness (QED) is 0.701. The van der Waals surface area contributed by atoms with Crippen LogP contribution in [0, 0.1) is 12.7 Å². The summed E-state index contributed by atoms with van der Waals surface area (Å²) in [4.78, 5) is 28.4. The van der Waals surface area contributed by atoms with Crippen molar-refractivity contribution in [2.45, 2.75) is 62.4 Å². The molecule has 2 aromatic rings. The number of piperazine rings is 1. The molecule has 0 spiro atoms. The molecule has 0 radical (unpaired) electrons. The Bertz CT molecular complexity index is 1160. The summed E-state index contributed by atoms with van der Waals surface area (Å²) in [6, 6.07) is 11.7. The maximum atomic E-state index is 13.6. The van der Waals surface area contributed by atoms with Crippen LogP contribution in [0.5, 0.6) is 0 Å². The molecule has 9 heteroatoms. The predicted octanol–water partition coefficient (Wildman–Crippen LogP) is 3.38. The lowest BCUT2D eigenvalue weighted by atomic mass is 9.91. The number of benzene rings is 2. The van der Waals surface area contributed by atoms with Crippen LogP contribution in [0.15, 0.2) is 53.4 Å². The minimum absolute atomic E-state index is 0.0210. The Hall–Kier alpha value is -2.78. The highest BCUT2D eigenvalue weighted by Gasteiger charge is 2.51. The van der Waals surface area contributed by atoms with Crippen LogP contribution in [-0.2, 0) is 19.6 Å². The number of hydrogen-bond acceptors (Lipinski definition) is 4. The maximum Gasteiger partial charge on any atom is 0.247 e. The van der Waals surface area contributed by atoms with Gasteiger partial charge in [-0.2, -0.15) is 4.31 Å². The molecule has 1 saturated carbocycles. The number of nitrogens with one attached hydrogen (secondary N) is 1. The third-order valence-corrected chi connectivity index (χ3v) is 8.52. The van der Waals surface area contributed by atoms with Crippen LogP contribution in [0.2, 0.25) is 0 Å². The Morgan fingerprint density at radius 2 is 1.65 bits per heavy atom. The Kier molecular flexibility index (Phi) is 6.78. The molecule has 7 nitrogen and oxygen atoms in total. The first kappa shape index (κ1) is 24.3. The van der Waals surface area contributed by atoms with Gasteiger partial charge in [0.15, 0.2) is 0 Å². The molecule has 4 rings (SSSR count). The first-order valence-electron chi connectivity index (χ1n) is 11.6. The number of amides is 2. The van der Waals surface area contributed by atoms with Crippen LogP contribution >= 0.6 is 0 Å². The van der Waals surface area contributed by atoms with Crippen LogP contribution in [0.4, 0.5) is 10.1 Å². The van der Waals surface area contributed by atoms with E-state index in [1.807, 2.05) is 6.92 Å². The monoisotopic (exact) mass is 487 g/mol. The van der Waals surface area contributed by atoms with Gasteiger partial charge in [-0.05, 0) is 63.1 Å². The summed E-state index contributed by atoms with van der Waals surface area (Å²) in [5.41, 5.74) is -0.254. The smallest absolute Gasteiger partial charge is 0.247 e. The standard InChI is InChI=1S/C25H30FN3O4S/c1-18-8-14-22(15-9-18)34(32,33)28-16-23(30)29(21-12-10-19(26)11-13-21)25(2,17-28)24(31)27-20-6-4-3-5-7-20/h8-15,20H,3-7,16-17H2,1-2H3,(H,27,31). The highest BCUT2D eigenvalue weighted by atomic mass is 32.2. The molecule has 0 aromatic heterocycles. The van der Waals surface area contributed by atoms with Crippen molar-refractivity contribution in [1.29, 1.82) is 0 Å². The van der Waals surface area contributed by atoms with Gasteiger partial charge in [0, 0.05) is 18.3 Å². The lowest BCUT2D eigenvalue weighted by molar-refractivity contribution is -0.133. The van der Waals surface area contributed by atoms with Crippen molar-refractivity contribution < 1.29 is 22.4 Å². The van der Waals surface area contributed by atoms with Crippen LogP contribution in [0.1, 0.15) is 44.6 Å². The van der Waals surface area contributed by atoms with E-state index in [-0.39, 0.29) is 17.5 Å². The van der Waals surface area contributed by atoms with Crippen molar-refractivity contribution in [1.82, 2.24) is 9.62 Å². The third-order valence-electron chi connectivity index (χ3n) is 6.71. The van der Waals surface area contributed by atoms with E-state index >= 15 is 0 Å². The van der Waals surface area contributed by atoms with Crippen LogP contribution in [0.25, 0.3) is 0 Å². The molecule has 2 aromatic carbocycles. The fraction of sp³-hybridized carbons (Fsp3) is 0.440. The van der Waals surface area contributed by atoms with E-state index in [4.69, 9.17) is 0 Å². The van der Waals surface area contributed by atoms with Crippen molar-refractivity contribution in [2.75, 3.05) is 18.0 Å². The minimum Gasteiger partial charge on any atom is -0.351 e. The molecule has 0 bridgehead atoms. The van der Waals surface area contributed by atoms with Crippen LogP contribution in [0.3, 0.4) is 0 Å². The number of anilines is 1. The topological polar surface area (TPSA) is 86.8 Å². The van der Waals surface area contributed by atoms with Crippen molar-refractivity contribution in [3.63, 3.8) is 0 Å². The number of carbonyl (C=O) groups is 2. The molecule has 1 N–H and O–H groups in total. The summed E-state index contributed by atoms with van der Waals surface area (Å²) in [6.07, 6.45) is 4.83. The number of sulfonamides is 1. The van der Waals surface area contributed by atoms with Crippen molar-refractivity contribution in [3.05, 3.63) is 59.9 Å². The van der Waals surface area contributed by atoms with Gasteiger partial charge in [0.05, 0.1) is 11.4 Å². The number of rotatable bonds is 5. The maximum absolute atomic E-state index is 13.6. The number of nitrogens with zero attached hydrogens (tertiary/aromatic N) is 2. The average Bonchev–Trinajstić information content (AvgIpc) is 2.81.